The summed E-state index contributed by atoms with van der Waals surface area (Å²) in [4.78, 5) is 0.0996. The zero-order valence-corrected chi connectivity index (χ0v) is 16.4. The van der Waals surface area contributed by atoms with E-state index >= 15 is 0 Å². The fourth-order valence-corrected chi connectivity index (χ4v) is 4.94. The SMILES string of the molecule is Cc1cc(Br)c(NS(=O)(=O)c2ccc(Br)c(N)c2)c(Br)c1. The van der Waals surface area contributed by atoms with Crippen molar-refractivity contribution in [3.63, 3.8) is 0 Å². The van der Waals surface area contributed by atoms with Gasteiger partial charge in [-0.2, -0.15) is 0 Å². The fraction of sp³-hybridized carbons (Fsp3) is 0.0769. The van der Waals surface area contributed by atoms with Gasteiger partial charge in [-0.3, -0.25) is 4.72 Å². The zero-order chi connectivity index (χ0) is 15.8. The Morgan fingerprint density at radius 2 is 1.57 bits per heavy atom. The highest BCUT2D eigenvalue weighted by atomic mass is 79.9. The maximum atomic E-state index is 12.4. The molecule has 3 N–H and O–H groups in total. The normalized spacial score (nSPS) is 11.4. The van der Waals surface area contributed by atoms with E-state index in [1.807, 2.05) is 19.1 Å². The van der Waals surface area contributed by atoms with Crippen LogP contribution in [0.4, 0.5) is 11.4 Å². The molecule has 0 aromatic heterocycles. The van der Waals surface area contributed by atoms with Crippen molar-refractivity contribution in [1.82, 2.24) is 0 Å². The van der Waals surface area contributed by atoms with Gasteiger partial charge in [-0.15, -0.1) is 0 Å². The standard InChI is InChI=1S/C13H11Br3N2O2S/c1-7-4-10(15)13(11(16)5-7)18-21(19,20)8-2-3-9(14)12(17)6-8/h2-6,18H,17H2,1H3. The molecule has 0 aliphatic carbocycles. The molecule has 0 unspecified atom stereocenters. The Morgan fingerprint density at radius 3 is 2.10 bits per heavy atom. The maximum absolute atomic E-state index is 12.4. The van der Waals surface area contributed by atoms with Crippen molar-refractivity contribution in [2.75, 3.05) is 10.5 Å². The Labute approximate surface area is 148 Å². The third-order valence-corrected chi connectivity index (χ3v) is 6.02. The van der Waals surface area contributed by atoms with Crippen molar-refractivity contribution >= 4 is 69.2 Å². The van der Waals surface area contributed by atoms with Gasteiger partial charge in [-0.1, -0.05) is 0 Å². The van der Waals surface area contributed by atoms with Gasteiger partial charge in [0.05, 0.1) is 10.6 Å². The van der Waals surface area contributed by atoms with Crippen LogP contribution in [0.2, 0.25) is 0 Å². The smallest absolute Gasteiger partial charge is 0.262 e. The molecule has 2 rings (SSSR count). The van der Waals surface area contributed by atoms with Gasteiger partial charge in [0.1, 0.15) is 0 Å². The van der Waals surface area contributed by atoms with Crippen LogP contribution in [-0.2, 0) is 10.0 Å². The van der Waals surface area contributed by atoms with Crippen molar-refractivity contribution in [3.05, 3.63) is 49.3 Å². The molecule has 112 valence electrons. The molecule has 2 aromatic rings. The molecule has 2 aromatic carbocycles. The van der Waals surface area contributed by atoms with E-state index < -0.39 is 10.0 Å². The molecule has 4 nitrogen and oxygen atoms in total. The molecule has 0 fully saturated rings. The highest BCUT2D eigenvalue weighted by Crippen LogP contribution is 2.34. The lowest BCUT2D eigenvalue weighted by Crippen LogP contribution is -2.14. The summed E-state index contributed by atoms with van der Waals surface area (Å²) in [6.07, 6.45) is 0. The molecule has 0 aliphatic heterocycles. The first-order valence-corrected chi connectivity index (χ1v) is 9.60. The van der Waals surface area contributed by atoms with Crippen LogP contribution in [0.5, 0.6) is 0 Å². The summed E-state index contributed by atoms with van der Waals surface area (Å²) in [6, 6.07) is 8.15. The molecule has 0 aliphatic rings. The topological polar surface area (TPSA) is 72.2 Å². The third-order valence-electron chi connectivity index (χ3n) is 2.70. The summed E-state index contributed by atoms with van der Waals surface area (Å²) in [5.74, 6) is 0. The minimum absolute atomic E-state index is 0.0996. The van der Waals surface area contributed by atoms with Crippen molar-refractivity contribution in [1.29, 1.82) is 0 Å². The number of nitrogens with two attached hydrogens (primary N) is 1. The Bertz CT molecular complexity index is 784. The van der Waals surface area contributed by atoms with E-state index in [2.05, 4.69) is 52.5 Å². The first kappa shape index (κ1) is 16.8. The van der Waals surface area contributed by atoms with E-state index in [1.54, 1.807) is 6.07 Å². The Balaban J connectivity index is 2.44. The second-order valence-electron chi connectivity index (χ2n) is 4.39. The molecule has 21 heavy (non-hydrogen) atoms. The van der Waals surface area contributed by atoms with Crippen molar-refractivity contribution in [2.45, 2.75) is 11.8 Å². The lowest BCUT2D eigenvalue weighted by atomic mass is 10.2. The van der Waals surface area contributed by atoms with Crippen molar-refractivity contribution in [2.24, 2.45) is 0 Å². The van der Waals surface area contributed by atoms with E-state index in [1.165, 1.54) is 12.1 Å². The number of nitrogen functional groups attached to an aromatic ring is 1. The highest BCUT2D eigenvalue weighted by Gasteiger charge is 2.18. The van der Waals surface area contributed by atoms with Gasteiger partial charge in [0, 0.05) is 19.1 Å². The van der Waals surface area contributed by atoms with Gasteiger partial charge in [0.25, 0.3) is 10.0 Å². The Morgan fingerprint density at radius 1 is 1.00 bits per heavy atom. The number of hydrogen-bond donors (Lipinski definition) is 2. The monoisotopic (exact) mass is 496 g/mol. The van der Waals surface area contributed by atoms with Gasteiger partial charge >= 0.3 is 0 Å². The number of halogens is 3. The molecular formula is C13H11Br3N2O2S. The summed E-state index contributed by atoms with van der Waals surface area (Å²) in [5, 5.41) is 0. The number of hydrogen-bond acceptors (Lipinski definition) is 3. The van der Waals surface area contributed by atoms with Crippen molar-refractivity contribution < 1.29 is 8.42 Å². The lowest BCUT2D eigenvalue weighted by Gasteiger charge is -2.13. The van der Waals surface area contributed by atoms with Gasteiger partial charge in [0.2, 0.25) is 0 Å². The predicted molar refractivity (Wildman–Crippen MR) is 95.9 cm³/mol. The summed E-state index contributed by atoms with van der Waals surface area (Å²) < 4.78 is 29.4. The second-order valence-corrected chi connectivity index (χ2v) is 8.64. The minimum atomic E-state index is -3.72. The molecule has 0 radical (unpaired) electrons. The number of sulfonamides is 1. The summed E-state index contributed by atoms with van der Waals surface area (Å²) in [7, 11) is -3.72. The van der Waals surface area contributed by atoms with Gasteiger partial charge in [-0.05, 0) is 90.6 Å². The molecule has 0 saturated heterocycles. The van der Waals surface area contributed by atoms with Crippen LogP contribution in [0, 0.1) is 6.92 Å². The van der Waals surface area contributed by atoms with Crippen LogP contribution >= 0.6 is 47.8 Å². The molecule has 0 amide bonds. The largest absolute Gasteiger partial charge is 0.398 e. The van der Waals surface area contributed by atoms with E-state index in [-0.39, 0.29) is 4.90 Å². The van der Waals surface area contributed by atoms with Crippen LogP contribution in [0.1, 0.15) is 5.56 Å². The van der Waals surface area contributed by atoms with Crippen LogP contribution in [0.15, 0.2) is 48.6 Å². The second kappa shape index (κ2) is 6.28. The third kappa shape index (κ3) is 3.80. The number of rotatable bonds is 3. The van der Waals surface area contributed by atoms with E-state index in [0.717, 1.165) is 5.56 Å². The quantitative estimate of drug-likeness (QED) is 0.604. The Hall–Kier alpha value is -0.570. The van der Waals surface area contributed by atoms with Crippen molar-refractivity contribution in [3.8, 4) is 0 Å². The molecular weight excluding hydrogens is 488 g/mol. The van der Waals surface area contributed by atoms with Crippen LogP contribution in [0.25, 0.3) is 0 Å². The molecule has 8 heteroatoms. The van der Waals surface area contributed by atoms with Crippen LogP contribution in [-0.4, -0.2) is 8.42 Å². The van der Waals surface area contributed by atoms with Crippen LogP contribution < -0.4 is 10.5 Å². The number of anilines is 2. The minimum Gasteiger partial charge on any atom is -0.398 e. The van der Waals surface area contributed by atoms with Gasteiger partial charge in [0.15, 0.2) is 0 Å². The maximum Gasteiger partial charge on any atom is 0.262 e. The van der Waals surface area contributed by atoms with E-state index in [0.29, 0.717) is 24.8 Å². The average Bonchev–Trinajstić information content (AvgIpc) is 2.37. The van der Waals surface area contributed by atoms with Gasteiger partial charge in [-0.25, -0.2) is 8.42 Å². The fourth-order valence-electron chi connectivity index (χ4n) is 1.68. The van der Waals surface area contributed by atoms with E-state index in [4.69, 9.17) is 5.73 Å². The first-order chi connectivity index (χ1) is 9.70. The summed E-state index contributed by atoms with van der Waals surface area (Å²) >= 11 is 9.96. The molecule has 0 atom stereocenters. The zero-order valence-electron chi connectivity index (χ0n) is 10.8. The summed E-state index contributed by atoms with van der Waals surface area (Å²) in [5.41, 5.74) is 7.54. The summed E-state index contributed by atoms with van der Waals surface area (Å²) in [6.45, 7) is 1.92. The Kier molecular flexibility index (Phi) is 5.02. The number of aryl methyl sites for hydroxylation is 1. The molecule has 0 bridgehead atoms. The predicted octanol–water partition coefficient (Wildman–Crippen LogP) is 4.67. The van der Waals surface area contributed by atoms with Gasteiger partial charge < -0.3 is 5.73 Å². The van der Waals surface area contributed by atoms with E-state index in [9.17, 15) is 8.42 Å². The number of benzene rings is 2. The molecule has 0 saturated carbocycles. The molecule has 0 spiro atoms. The lowest BCUT2D eigenvalue weighted by molar-refractivity contribution is 0.601. The highest BCUT2D eigenvalue weighted by molar-refractivity contribution is 9.11. The number of nitrogens with one attached hydrogen (secondary N) is 1. The van der Waals surface area contributed by atoms with Crippen LogP contribution in [0.3, 0.4) is 0 Å². The average molecular weight is 499 g/mol. The first-order valence-electron chi connectivity index (χ1n) is 5.74. The molecule has 0 heterocycles.